The Hall–Kier alpha value is -1.69. The van der Waals surface area contributed by atoms with Crippen molar-refractivity contribution in [3.05, 3.63) is 11.6 Å². The summed E-state index contributed by atoms with van der Waals surface area (Å²) in [5.41, 5.74) is 0.159. The fourth-order valence-electron chi connectivity index (χ4n) is 2.66. The number of carbonyl (C=O) groups is 3. The fraction of sp³-hybridized carbons (Fsp3) is 0.643. The average Bonchev–Trinajstić information content (AvgIpc) is 2.75. The molecule has 2 amide bonds. The van der Waals surface area contributed by atoms with Crippen molar-refractivity contribution < 1.29 is 23.9 Å². The minimum Gasteiger partial charge on any atom is -0.465 e. The third-order valence-corrected chi connectivity index (χ3v) is 3.77. The van der Waals surface area contributed by atoms with Crippen LogP contribution in [-0.2, 0) is 23.9 Å². The van der Waals surface area contributed by atoms with Crippen LogP contribution in [0.25, 0.3) is 0 Å². The molecule has 20 heavy (non-hydrogen) atoms. The van der Waals surface area contributed by atoms with E-state index in [4.69, 9.17) is 9.47 Å². The van der Waals surface area contributed by atoms with Crippen LogP contribution in [0.2, 0.25) is 0 Å². The molecule has 2 aliphatic rings. The SMILES string of the molecule is COC1CCCC[C@H]1COC(=O)CC1=CC(=O)NC1=O. The van der Waals surface area contributed by atoms with Crippen molar-refractivity contribution >= 4 is 17.8 Å². The number of methoxy groups -OCH3 is 1. The summed E-state index contributed by atoms with van der Waals surface area (Å²) in [4.78, 5) is 33.9. The van der Waals surface area contributed by atoms with E-state index in [1.807, 2.05) is 0 Å². The van der Waals surface area contributed by atoms with Crippen molar-refractivity contribution in [3.63, 3.8) is 0 Å². The minimum atomic E-state index is -0.514. The molecule has 2 rings (SSSR count). The number of hydrogen-bond acceptors (Lipinski definition) is 5. The van der Waals surface area contributed by atoms with E-state index in [1.165, 1.54) is 0 Å². The number of nitrogens with one attached hydrogen (secondary N) is 1. The molecule has 0 radical (unpaired) electrons. The van der Waals surface area contributed by atoms with Crippen LogP contribution in [-0.4, -0.2) is 37.6 Å². The van der Waals surface area contributed by atoms with Crippen molar-refractivity contribution in [1.82, 2.24) is 5.32 Å². The van der Waals surface area contributed by atoms with Gasteiger partial charge in [-0.2, -0.15) is 0 Å². The molecule has 1 saturated carbocycles. The first-order valence-corrected chi connectivity index (χ1v) is 6.84. The van der Waals surface area contributed by atoms with Crippen LogP contribution < -0.4 is 5.32 Å². The van der Waals surface area contributed by atoms with Crippen LogP contribution >= 0.6 is 0 Å². The van der Waals surface area contributed by atoms with Crippen molar-refractivity contribution in [2.24, 2.45) is 5.92 Å². The van der Waals surface area contributed by atoms with E-state index in [0.717, 1.165) is 31.8 Å². The van der Waals surface area contributed by atoms with Crippen molar-refractivity contribution in [1.29, 1.82) is 0 Å². The monoisotopic (exact) mass is 281 g/mol. The number of esters is 1. The second kappa shape index (κ2) is 6.65. The molecule has 1 N–H and O–H groups in total. The van der Waals surface area contributed by atoms with Gasteiger partial charge in [-0.3, -0.25) is 19.7 Å². The van der Waals surface area contributed by atoms with Gasteiger partial charge in [-0.15, -0.1) is 0 Å². The highest BCUT2D eigenvalue weighted by molar-refractivity contribution is 6.17. The zero-order valence-corrected chi connectivity index (χ0v) is 11.5. The van der Waals surface area contributed by atoms with E-state index in [0.29, 0.717) is 6.61 Å². The Kier molecular flexibility index (Phi) is 4.89. The summed E-state index contributed by atoms with van der Waals surface area (Å²) >= 11 is 0. The molecular weight excluding hydrogens is 262 g/mol. The predicted octanol–water partition coefficient (Wildman–Crippen LogP) is 0.708. The number of amides is 2. The van der Waals surface area contributed by atoms with E-state index in [2.05, 4.69) is 5.32 Å². The van der Waals surface area contributed by atoms with Gasteiger partial charge in [0.2, 0.25) is 0 Å². The molecule has 0 aromatic rings. The first-order valence-electron chi connectivity index (χ1n) is 6.84. The summed E-state index contributed by atoms with van der Waals surface area (Å²) in [5, 5.41) is 2.10. The Morgan fingerprint density at radius 1 is 1.35 bits per heavy atom. The Morgan fingerprint density at radius 3 is 2.75 bits per heavy atom. The molecular formula is C14H19NO5. The number of hydrogen-bond donors (Lipinski definition) is 1. The van der Waals surface area contributed by atoms with Crippen LogP contribution in [0.1, 0.15) is 32.1 Å². The summed E-state index contributed by atoms with van der Waals surface area (Å²) in [6, 6.07) is 0. The number of carbonyl (C=O) groups excluding carboxylic acids is 3. The predicted molar refractivity (Wildman–Crippen MR) is 69.6 cm³/mol. The van der Waals surface area contributed by atoms with E-state index >= 15 is 0 Å². The largest absolute Gasteiger partial charge is 0.465 e. The summed E-state index contributed by atoms with van der Waals surface area (Å²) in [6.45, 7) is 0.306. The maximum absolute atomic E-state index is 11.7. The molecule has 1 aliphatic heterocycles. The third kappa shape index (κ3) is 3.66. The van der Waals surface area contributed by atoms with Crippen LogP contribution in [0, 0.1) is 5.92 Å². The van der Waals surface area contributed by atoms with E-state index in [-0.39, 0.29) is 24.0 Å². The van der Waals surface area contributed by atoms with Gasteiger partial charge in [-0.1, -0.05) is 12.8 Å². The Labute approximate surface area is 117 Å². The first-order chi connectivity index (χ1) is 9.60. The second-order valence-corrected chi connectivity index (χ2v) is 5.17. The number of ether oxygens (including phenoxy) is 2. The summed E-state index contributed by atoms with van der Waals surface area (Å²) in [5.74, 6) is -1.27. The van der Waals surface area contributed by atoms with Gasteiger partial charge in [0.05, 0.1) is 19.1 Å². The second-order valence-electron chi connectivity index (χ2n) is 5.17. The van der Waals surface area contributed by atoms with Gasteiger partial charge in [-0.25, -0.2) is 0 Å². The van der Waals surface area contributed by atoms with Crippen LogP contribution in [0.5, 0.6) is 0 Å². The van der Waals surface area contributed by atoms with E-state index in [1.54, 1.807) is 7.11 Å². The Morgan fingerprint density at radius 2 is 2.10 bits per heavy atom. The fourth-order valence-corrected chi connectivity index (χ4v) is 2.66. The highest BCUT2D eigenvalue weighted by atomic mass is 16.5. The molecule has 0 spiro atoms. The molecule has 0 bridgehead atoms. The van der Waals surface area contributed by atoms with Gasteiger partial charge in [0.15, 0.2) is 0 Å². The lowest BCUT2D eigenvalue weighted by atomic mass is 9.87. The highest BCUT2D eigenvalue weighted by Gasteiger charge is 2.27. The van der Waals surface area contributed by atoms with Gasteiger partial charge >= 0.3 is 5.97 Å². The smallest absolute Gasteiger partial charge is 0.310 e. The van der Waals surface area contributed by atoms with E-state index in [9.17, 15) is 14.4 Å². The molecule has 1 aliphatic carbocycles. The average molecular weight is 281 g/mol. The minimum absolute atomic E-state index is 0.132. The van der Waals surface area contributed by atoms with Gasteiger partial charge in [0.25, 0.3) is 11.8 Å². The molecule has 1 fully saturated rings. The lowest BCUT2D eigenvalue weighted by molar-refractivity contribution is -0.147. The van der Waals surface area contributed by atoms with Gasteiger partial charge in [-0.05, 0) is 12.8 Å². The van der Waals surface area contributed by atoms with Crippen LogP contribution in [0.3, 0.4) is 0 Å². The molecule has 0 aromatic carbocycles. The quantitative estimate of drug-likeness (QED) is 0.593. The lowest BCUT2D eigenvalue weighted by Crippen LogP contribution is -2.31. The van der Waals surface area contributed by atoms with Crippen LogP contribution in [0.15, 0.2) is 11.6 Å². The van der Waals surface area contributed by atoms with Crippen LogP contribution in [0.4, 0.5) is 0 Å². The zero-order chi connectivity index (χ0) is 14.5. The van der Waals surface area contributed by atoms with Gasteiger partial charge < -0.3 is 9.47 Å². The summed E-state index contributed by atoms with van der Waals surface area (Å²) < 4.78 is 10.6. The van der Waals surface area contributed by atoms with Crippen molar-refractivity contribution in [2.75, 3.05) is 13.7 Å². The Balaban J connectivity index is 1.79. The third-order valence-electron chi connectivity index (χ3n) is 3.77. The van der Waals surface area contributed by atoms with Gasteiger partial charge in [0.1, 0.15) is 0 Å². The van der Waals surface area contributed by atoms with Crippen molar-refractivity contribution in [2.45, 2.75) is 38.2 Å². The maximum atomic E-state index is 11.7. The molecule has 110 valence electrons. The molecule has 1 heterocycles. The molecule has 6 heteroatoms. The molecule has 0 aromatic heterocycles. The number of imide groups is 1. The Bertz CT molecular complexity index is 443. The first kappa shape index (κ1) is 14.7. The molecule has 6 nitrogen and oxygen atoms in total. The standard InChI is InChI=1S/C14H19NO5/c1-19-11-5-3-2-4-9(11)8-20-13(17)7-10-6-12(16)15-14(10)18/h6,9,11H,2-5,7-8H2,1H3,(H,15,16,18)/t9-,11?/m0/s1. The van der Waals surface area contributed by atoms with Crippen molar-refractivity contribution in [3.8, 4) is 0 Å². The van der Waals surface area contributed by atoms with Gasteiger partial charge in [0, 0.05) is 24.7 Å². The topological polar surface area (TPSA) is 81.7 Å². The summed E-state index contributed by atoms with van der Waals surface area (Å²) in [6.07, 6.45) is 5.33. The maximum Gasteiger partial charge on any atom is 0.310 e. The van der Waals surface area contributed by atoms with E-state index < -0.39 is 17.8 Å². The lowest BCUT2D eigenvalue weighted by Gasteiger charge is -2.29. The normalized spacial score (nSPS) is 26.1. The molecule has 2 atom stereocenters. The molecule has 1 unspecified atom stereocenters. The molecule has 0 saturated heterocycles. The number of rotatable bonds is 5. The highest BCUT2D eigenvalue weighted by Crippen LogP contribution is 2.26. The summed E-state index contributed by atoms with van der Waals surface area (Å²) in [7, 11) is 1.67. The zero-order valence-electron chi connectivity index (χ0n) is 11.5.